The second-order valence-electron chi connectivity index (χ2n) is 7.82. The number of aryl methyl sites for hydroxylation is 1. The SMILES string of the molecule is Cc1cc(N2CCN(C(=O)C3CCN(c4ccccc4Br)C3=O)CC2)n2ncnc2n1. The number of benzene rings is 1. The second kappa shape index (κ2) is 7.92. The fraction of sp³-hybridized carbons (Fsp3) is 0.381. The molecule has 10 heteroatoms. The summed E-state index contributed by atoms with van der Waals surface area (Å²) >= 11 is 3.50. The zero-order valence-electron chi connectivity index (χ0n) is 17.1. The molecule has 2 aliphatic rings. The number of hydrogen-bond donors (Lipinski definition) is 0. The molecule has 0 aliphatic carbocycles. The third-order valence-electron chi connectivity index (χ3n) is 5.92. The number of hydrogen-bond acceptors (Lipinski definition) is 6. The van der Waals surface area contributed by atoms with E-state index in [9.17, 15) is 9.59 Å². The molecule has 2 aliphatic heterocycles. The molecular formula is C21H22BrN7O2. The van der Waals surface area contributed by atoms with E-state index in [0.717, 1.165) is 21.7 Å². The largest absolute Gasteiger partial charge is 0.353 e. The summed E-state index contributed by atoms with van der Waals surface area (Å²) in [6, 6.07) is 9.59. The molecule has 160 valence electrons. The lowest BCUT2D eigenvalue weighted by Crippen LogP contribution is -2.51. The number of piperazine rings is 1. The molecule has 0 saturated carbocycles. The number of carbonyl (C=O) groups excluding carboxylic acids is 2. The number of fused-ring (bicyclic) bond motifs is 1. The number of rotatable bonds is 3. The Bertz CT molecular complexity index is 1160. The molecule has 5 rings (SSSR count). The molecule has 31 heavy (non-hydrogen) atoms. The summed E-state index contributed by atoms with van der Waals surface area (Å²) in [4.78, 5) is 40.4. The van der Waals surface area contributed by atoms with Crippen LogP contribution in [0.5, 0.6) is 0 Å². The molecule has 0 spiro atoms. The van der Waals surface area contributed by atoms with Crippen molar-refractivity contribution in [3.63, 3.8) is 0 Å². The van der Waals surface area contributed by atoms with Gasteiger partial charge in [-0.25, -0.2) is 4.98 Å². The molecule has 1 unspecified atom stereocenters. The van der Waals surface area contributed by atoms with Crippen molar-refractivity contribution in [3.05, 3.63) is 46.8 Å². The van der Waals surface area contributed by atoms with Gasteiger partial charge in [-0.15, -0.1) is 0 Å². The Kier molecular flexibility index (Phi) is 5.09. The average Bonchev–Trinajstić information content (AvgIpc) is 3.40. The number of amides is 2. The Hall–Kier alpha value is -3.01. The van der Waals surface area contributed by atoms with Crippen LogP contribution in [0.3, 0.4) is 0 Å². The first-order chi connectivity index (χ1) is 15.0. The van der Waals surface area contributed by atoms with Crippen LogP contribution in [0.15, 0.2) is 41.1 Å². The molecule has 9 nitrogen and oxygen atoms in total. The summed E-state index contributed by atoms with van der Waals surface area (Å²) in [5.74, 6) is 0.689. The minimum Gasteiger partial charge on any atom is -0.353 e. The fourth-order valence-electron chi connectivity index (χ4n) is 4.33. The predicted molar refractivity (Wildman–Crippen MR) is 119 cm³/mol. The topological polar surface area (TPSA) is 86.9 Å². The zero-order valence-corrected chi connectivity index (χ0v) is 18.7. The van der Waals surface area contributed by atoms with Crippen LogP contribution in [-0.2, 0) is 9.59 Å². The molecule has 1 aromatic carbocycles. The van der Waals surface area contributed by atoms with Gasteiger partial charge in [0.05, 0.1) is 5.69 Å². The van der Waals surface area contributed by atoms with E-state index in [-0.39, 0.29) is 11.8 Å². The number of halogens is 1. The molecule has 4 heterocycles. The minimum atomic E-state index is -0.608. The van der Waals surface area contributed by atoms with Gasteiger partial charge in [0.15, 0.2) is 0 Å². The zero-order chi connectivity index (χ0) is 21.5. The molecule has 0 bridgehead atoms. The van der Waals surface area contributed by atoms with Crippen LogP contribution in [0.1, 0.15) is 12.1 Å². The van der Waals surface area contributed by atoms with E-state index in [1.165, 1.54) is 6.33 Å². The Morgan fingerprint density at radius 1 is 1.13 bits per heavy atom. The number of para-hydroxylation sites is 1. The van der Waals surface area contributed by atoms with Crippen molar-refractivity contribution in [1.29, 1.82) is 0 Å². The van der Waals surface area contributed by atoms with Gasteiger partial charge in [-0.2, -0.15) is 14.6 Å². The van der Waals surface area contributed by atoms with Crippen LogP contribution < -0.4 is 9.80 Å². The van der Waals surface area contributed by atoms with E-state index >= 15 is 0 Å². The minimum absolute atomic E-state index is 0.0731. The van der Waals surface area contributed by atoms with Crippen LogP contribution >= 0.6 is 15.9 Å². The summed E-state index contributed by atoms with van der Waals surface area (Å²) in [5.41, 5.74) is 1.69. The van der Waals surface area contributed by atoms with Gasteiger partial charge in [0.25, 0.3) is 5.78 Å². The van der Waals surface area contributed by atoms with Crippen molar-refractivity contribution in [2.24, 2.45) is 5.92 Å². The van der Waals surface area contributed by atoms with Gasteiger partial charge in [-0.3, -0.25) is 9.59 Å². The van der Waals surface area contributed by atoms with Crippen molar-refractivity contribution >= 4 is 45.0 Å². The number of aromatic nitrogens is 4. The average molecular weight is 484 g/mol. The maximum absolute atomic E-state index is 13.2. The number of carbonyl (C=O) groups is 2. The standard InChI is InChI=1S/C21H22BrN7O2/c1-14-12-18(29-21(25-14)23-13-24-29)26-8-10-27(11-9-26)19(30)15-6-7-28(20(15)31)17-5-3-2-4-16(17)22/h2-5,12-13,15H,6-11H2,1H3. The van der Waals surface area contributed by atoms with Crippen LogP contribution in [0.4, 0.5) is 11.5 Å². The molecular weight excluding hydrogens is 462 g/mol. The fourth-order valence-corrected chi connectivity index (χ4v) is 4.83. The van der Waals surface area contributed by atoms with E-state index in [4.69, 9.17) is 0 Å². The van der Waals surface area contributed by atoms with Crippen LogP contribution in [0.2, 0.25) is 0 Å². The van der Waals surface area contributed by atoms with Crippen molar-refractivity contribution in [3.8, 4) is 0 Å². The summed E-state index contributed by atoms with van der Waals surface area (Å²) in [5, 5.41) is 4.27. The van der Waals surface area contributed by atoms with Gasteiger partial charge < -0.3 is 14.7 Å². The molecule has 2 fully saturated rings. The summed E-state index contributed by atoms with van der Waals surface area (Å²) in [7, 11) is 0. The first-order valence-electron chi connectivity index (χ1n) is 10.3. The molecule has 2 amide bonds. The van der Waals surface area contributed by atoms with E-state index in [1.54, 1.807) is 9.42 Å². The molecule has 2 saturated heterocycles. The Morgan fingerprint density at radius 3 is 2.68 bits per heavy atom. The molecule has 2 aromatic heterocycles. The highest BCUT2D eigenvalue weighted by Gasteiger charge is 2.40. The van der Waals surface area contributed by atoms with Gasteiger partial charge in [-0.1, -0.05) is 12.1 Å². The first-order valence-corrected chi connectivity index (χ1v) is 11.1. The van der Waals surface area contributed by atoms with Crippen LogP contribution in [-0.4, -0.2) is 69.0 Å². The lowest BCUT2D eigenvalue weighted by molar-refractivity contribution is -0.140. The second-order valence-corrected chi connectivity index (χ2v) is 8.68. The highest BCUT2D eigenvalue weighted by molar-refractivity contribution is 9.10. The predicted octanol–water partition coefficient (Wildman–Crippen LogP) is 1.90. The summed E-state index contributed by atoms with van der Waals surface area (Å²) < 4.78 is 2.58. The number of nitrogens with zero attached hydrogens (tertiary/aromatic N) is 7. The normalized spacial score (nSPS) is 19.5. The number of anilines is 2. The van der Waals surface area contributed by atoms with Crippen LogP contribution in [0, 0.1) is 12.8 Å². The van der Waals surface area contributed by atoms with Gasteiger partial charge in [0.2, 0.25) is 11.8 Å². The quantitative estimate of drug-likeness (QED) is 0.528. The monoisotopic (exact) mass is 483 g/mol. The van der Waals surface area contributed by atoms with Crippen LogP contribution in [0.25, 0.3) is 5.78 Å². The smallest absolute Gasteiger partial charge is 0.254 e. The molecule has 1 atom stereocenters. The molecule has 3 aromatic rings. The highest BCUT2D eigenvalue weighted by atomic mass is 79.9. The van der Waals surface area contributed by atoms with E-state index < -0.39 is 5.92 Å². The van der Waals surface area contributed by atoms with Gasteiger partial charge in [-0.05, 0) is 41.4 Å². The maximum Gasteiger partial charge on any atom is 0.254 e. The van der Waals surface area contributed by atoms with Gasteiger partial charge in [0.1, 0.15) is 18.1 Å². The van der Waals surface area contributed by atoms with Crippen molar-refractivity contribution in [1.82, 2.24) is 24.5 Å². The van der Waals surface area contributed by atoms with Gasteiger partial charge >= 0.3 is 0 Å². The lowest BCUT2D eigenvalue weighted by atomic mass is 10.1. The van der Waals surface area contributed by atoms with E-state index in [2.05, 4.69) is 35.9 Å². The summed E-state index contributed by atoms with van der Waals surface area (Å²) in [6.07, 6.45) is 2.04. The molecule has 0 radical (unpaired) electrons. The van der Waals surface area contributed by atoms with E-state index in [1.807, 2.05) is 42.2 Å². The summed E-state index contributed by atoms with van der Waals surface area (Å²) in [6.45, 7) is 4.95. The van der Waals surface area contributed by atoms with Crippen molar-refractivity contribution < 1.29 is 9.59 Å². The van der Waals surface area contributed by atoms with Gasteiger partial charge in [0, 0.05) is 49.0 Å². The first kappa shape index (κ1) is 19.9. The third kappa shape index (κ3) is 3.54. The third-order valence-corrected chi connectivity index (χ3v) is 6.59. The molecule has 0 N–H and O–H groups in total. The van der Waals surface area contributed by atoms with Crippen molar-refractivity contribution in [2.45, 2.75) is 13.3 Å². The lowest BCUT2D eigenvalue weighted by Gasteiger charge is -2.36. The maximum atomic E-state index is 13.2. The Labute approximate surface area is 187 Å². The van der Waals surface area contributed by atoms with Crippen molar-refractivity contribution in [2.75, 3.05) is 42.5 Å². The Morgan fingerprint density at radius 2 is 1.90 bits per heavy atom. The van der Waals surface area contributed by atoms with E-state index in [0.29, 0.717) is 44.9 Å². The Balaban J connectivity index is 1.27. The highest BCUT2D eigenvalue weighted by Crippen LogP contribution is 2.32.